The first kappa shape index (κ1) is 23.5. The van der Waals surface area contributed by atoms with Crippen molar-refractivity contribution in [1.29, 1.82) is 0 Å². The SMILES string of the molecule is CC(C)NC(=O)C(C)N(Cc1ccccc1Cl)C(=O)COc1ccc(Br)cc1Cl. The standard InChI is InChI=1S/C21H23BrCl2N2O3/c1-13(2)25-21(28)14(3)26(11-15-6-4-5-7-17(15)23)20(27)12-29-19-9-8-16(22)10-18(19)24/h4-10,13-14H,11-12H2,1-3H3,(H,25,28). The van der Waals surface area contributed by atoms with E-state index < -0.39 is 6.04 Å². The quantitative estimate of drug-likeness (QED) is 0.548. The number of benzene rings is 2. The van der Waals surface area contributed by atoms with Gasteiger partial charge in [-0.2, -0.15) is 0 Å². The van der Waals surface area contributed by atoms with Gasteiger partial charge in [0.25, 0.3) is 5.91 Å². The Hall–Kier alpha value is -1.76. The van der Waals surface area contributed by atoms with Crippen molar-refractivity contribution in [1.82, 2.24) is 10.2 Å². The van der Waals surface area contributed by atoms with Gasteiger partial charge in [0.1, 0.15) is 11.8 Å². The summed E-state index contributed by atoms with van der Waals surface area (Å²) in [7, 11) is 0. The van der Waals surface area contributed by atoms with E-state index in [4.69, 9.17) is 27.9 Å². The predicted octanol–water partition coefficient (Wildman–Crippen LogP) is 5.08. The van der Waals surface area contributed by atoms with E-state index in [1.807, 2.05) is 32.0 Å². The number of hydrogen-bond acceptors (Lipinski definition) is 3. The lowest BCUT2D eigenvalue weighted by molar-refractivity contribution is -0.142. The second kappa shape index (κ2) is 10.9. The van der Waals surface area contributed by atoms with E-state index in [1.54, 1.807) is 31.2 Å². The first-order valence-corrected chi connectivity index (χ1v) is 10.6. The lowest BCUT2D eigenvalue weighted by Gasteiger charge is -2.29. The molecule has 5 nitrogen and oxygen atoms in total. The highest BCUT2D eigenvalue weighted by atomic mass is 79.9. The summed E-state index contributed by atoms with van der Waals surface area (Å²) in [6.07, 6.45) is 0. The first-order valence-electron chi connectivity index (χ1n) is 9.10. The maximum Gasteiger partial charge on any atom is 0.261 e. The Morgan fingerprint density at radius 1 is 1.10 bits per heavy atom. The number of rotatable bonds is 8. The highest BCUT2D eigenvalue weighted by Crippen LogP contribution is 2.28. The molecule has 0 fully saturated rings. The summed E-state index contributed by atoms with van der Waals surface area (Å²) < 4.78 is 6.41. The number of nitrogens with one attached hydrogen (secondary N) is 1. The molecule has 0 aromatic heterocycles. The molecule has 1 N–H and O–H groups in total. The molecule has 2 aromatic rings. The maximum absolute atomic E-state index is 13.0. The maximum atomic E-state index is 13.0. The van der Waals surface area contributed by atoms with Crippen LogP contribution in [0.25, 0.3) is 0 Å². The fourth-order valence-corrected chi connectivity index (χ4v) is 3.54. The zero-order chi connectivity index (χ0) is 21.6. The van der Waals surface area contributed by atoms with Gasteiger partial charge in [0.2, 0.25) is 5.91 Å². The Morgan fingerprint density at radius 3 is 2.41 bits per heavy atom. The van der Waals surface area contributed by atoms with Gasteiger partial charge in [-0.05, 0) is 50.6 Å². The smallest absolute Gasteiger partial charge is 0.261 e. The third kappa shape index (κ3) is 6.91. The number of amides is 2. The largest absolute Gasteiger partial charge is 0.482 e. The number of carbonyl (C=O) groups is 2. The molecule has 2 rings (SSSR count). The van der Waals surface area contributed by atoms with E-state index in [0.29, 0.717) is 15.8 Å². The monoisotopic (exact) mass is 500 g/mol. The molecule has 0 bridgehead atoms. The van der Waals surface area contributed by atoms with E-state index in [1.165, 1.54) is 4.90 Å². The number of carbonyl (C=O) groups excluding carboxylic acids is 2. The van der Waals surface area contributed by atoms with Crippen LogP contribution in [0.4, 0.5) is 0 Å². The third-order valence-electron chi connectivity index (χ3n) is 4.14. The van der Waals surface area contributed by atoms with Crippen LogP contribution in [0.15, 0.2) is 46.9 Å². The second-order valence-electron chi connectivity index (χ2n) is 6.82. The lowest BCUT2D eigenvalue weighted by atomic mass is 10.1. The highest BCUT2D eigenvalue weighted by molar-refractivity contribution is 9.10. The van der Waals surface area contributed by atoms with Crippen molar-refractivity contribution < 1.29 is 14.3 Å². The van der Waals surface area contributed by atoms with Crippen molar-refractivity contribution in [2.45, 2.75) is 39.4 Å². The predicted molar refractivity (Wildman–Crippen MR) is 119 cm³/mol. The zero-order valence-corrected chi connectivity index (χ0v) is 19.5. The van der Waals surface area contributed by atoms with Crippen LogP contribution in [0, 0.1) is 0 Å². The number of halogens is 3. The molecule has 0 radical (unpaired) electrons. The van der Waals surface area contributed by atoms with Gasteiger partial charge in [-0.1, -0.05) is 57.3 Å². The molecule has 0 aliphatic rings. The topological polar surface area (TPSA) is 58.6 Å². The Labute approximate surface area is 189 Å². The van der Waals surface area contributed by atoms with Gasteiger partial charge < -0.3 is 15.0 Å². The average Bonchev–Trinajstić information content (AvgIpc) is 2.65. The van der Waals surface area contributed by atoms with Gasteiger partial charge >= 0.3 is 0 Å². The molecule has 0 spiro atoms. The van der Waals surface area contributed by atoms with Crippen molar-refractivity contribution in [2.75, 3.05) is 6.61 Å². The summed E-state index contributed by atoms with van der Waals surface area (Å²) in [4.78, 5) is 27.0. The zero-order valence-electron chi connectivity index (χ0n) is 16.4. The minimum atomic E-state index is -0.704. The number of ether oxygens (including phenoxy) is 1. The second-order valence-corrected chi connectivity index (χ2v) is 8.55. The number of hydrogen-bond donors (Lipinski definition) is 1. The molecule has 0 saturated carbocycles. The van der Waals surface area contributed by atoms with Crippen molar-refractivity contribution in [3.63, 3.8) is 0 Å². The molecule has 29 heavy (non-hydrogen) atoms. The van der Waals surface area contributed by atoms with Gasteiger partial charge in [-0.3, -0.25) is 9.59 Å². The van der Waals surface area contributed by atoms with Gasteiger partial charge in [0, 0.05) is 22.1 Å². The minimum absolute atomic E-state index is 0.0416. The van der Waals surface area contributed by atoms with Crippen LogP contribution in [0.5, 0.6) is 5.75 Å². The van der Waals surface area contributed by atoms with Crippen LogP contribution < -0.4 is 10.1 Å². The van der Waals surface area contributed by atoms with E-state index in [9.17, 15) is 9.59 Å². The Balaban J connectivity index is 2.19. The summed E-state index contributed by atoms with van der Waals surface area (Å²) in [5.41, 5.74) is 0.744. The van der Waals surface area contributed by atoms with Crippen LogP contribution in [0.2, 0.25) is 10.0 Å². The fourth-order valence-electron chi connectivity index (χ4n) is 2.61. The van der Waals surface area contributed by atoms with E-state index in [2.05, 4.69) is 21.2 Å². The molecule has 0 heterocycles. The first-order chi connectivity index (χ1) is 13.7. The molecule has 0 aliphatic heterocycles. The summed E-state index contributed by atoms with van der Waals surface area (Å²) in [6.45, 7) is 5.33. The molecule has 1 atom stereocenters. The summed E-state index contributed by atoms with van der Waals surface area (Å²) in [5, 5.41) is 3.75. The average molecular weight is 502 g/mol. The number of nitrogens with zero attached hydrogens (tertiary/aromatic N) is 1. The Kier molecular flexibility index (Phi) is 8.80. The van der Waals surface area contributed by atoms with Crippen LogP contribution in [0.1, 0.15) is 26.3 Å². The van der Waals surface area contributed by atoms with Crippen molar-refractivity contribution >= 4 is 50.9 Å². The Morgan fingerprint density at radius 2 is 1.79 bits per heavy atom. The third-order valence-corrected chi connectivity index (χ3v) is 5.30. The van der Waals surface area contributed by atoms with Crippen molar-refractivity contribution in [3.05, 3.63) is 62.5 Å². The fraction of sp³-hybridized carbons (Fsp3) is 0.333. The normalized spacial score (nSPS) is 11.8. The van der Waals surface area contributed by atoms with E-state index in [-0.39, 0.29) is 31.0 Å². The molecular weight excluding hydrogens is 479 g/mol. The minimum Gasteiger partial charge on any atom is -0.482 e. The van der Waals surface area contributed by atoms with Gasteiger partial charge in [-0.15, -0.1) is 0 Å². The van der Waals surface area contributed by atoms with Gasteiger partial charge in [0.15, 0.2) is 6.61 Å². The van der Waals surface area contributed by atoms with Crippen molar-refractivity contribution in [2.24, 2.45) is 0 Å². The van der Waals surface area contributed by atoms with Crippen LogP contribution in [-0.2, 0) is 16.1 Å². The van der Waals surface area contributed by atoms with Gasteiger partial charge in [0.05, 0.1) is 5.02 Å². The molecule has 2 aromatic carbocycles. The molecule has 156 valence electrons. The molecule has 0 saturated heterocycles. The Bertz CT molecular complexity index is 877. The summed E-state index contributed by atoms with van der Waals surface area (Å²) in [5.74, 6) is -0.211. The van der Waals surface area contributed by atoms with Crippen LogP contribution >= 0.6 is 39.1 Å². The van der Waals surface area contributed by atoms with Crippen LogP contribution in [0.3, 0.4) is 0 Å². The molecule has 0 aliphatic carbocycles. The van der Waals surface area contributed by atoms with Crippen molar-refractivity contribution in [3.8, 4) is 5.75 Å². The van der Waals surface area contributed by atoms with E-state index in [0.717, 1.165) is 10.0 Å². The molecular formula is C21H23BrCl2N2O3. The molecule has 1 unspecified atom stereocenters. The van der Waals surface area contributed by atoms with Gasteiger partial charge in [-0.25, -0.2) is 0 Å². The van der Waals surface area contributed by atoms with Crippen LogP contribution in [-0.4, -0.2) is 35.4 Å². The lowest BCUT2D eigenvalue weighted by Crippen LogP contribution is -2.50. The highest BCUT2D eigenvalue weighted by Gasteiger charge is 2.27. The summed E-state index contributed by atoms with van der Waals surface area (Å²) in [6, 6.07) is 11.6. The molecule has 2 amide bonds. The summed E-state index contributed by atoms with van der Waals surface area (Å²) >= 11 is 15.7. The molecule has 8 heteroatoms. The van der Waals surface area contributed by atoms with E-state index >= 15 is 0 Å².